The Morgan fingerprint density at radius 2 is 1.89 bits per heavy atom. The first-order chi connectivity index (χ1) is 9.31. The molecule has 0 aliphatic rings. The largest absolute Gasteiger partial charge is 0.282 e. The van der Waals surface area contributed by atoms with Gasteiger partial charge in [-0.3, -0.25) is 5.10 Å². The van der Waals surface area contributed by atoms with Crippen molar-refractivity contribution in [3.05, 3.63) is 65.9 Å². The monoisotopic (exact) mass is 254 g/mol. The molecule has 0 bridgehead atoms. The molecule has 94 valence electrons. The predicted octanol–water partition coefficient (Wildman–Crippen LogP) is 2.60. The van der Waals surface area contributed by atoms with Gasteiger partial charge in [-0.1, -0.05) is 12.1 Å². The van der Waals surface area contributed by atoms with Gasteiger partial charge < -0.3 is 0 Å². The summed E-state index contributed by atoms with van der Waals surface area (Å²) in [4.78, 5) is 0. The van der Waals surface area contributed by atoms with Crippen molar-refractivity contribution in [1.82, 2.24) is 20.4 Å². The second-order valence-electron chi connectivity index (χ2n) is 4.21. The van der Waals surface area contributed by atoms with E-state index in [9.17, 15) is 4.39 Å². The van der Waals surface area contributed by atoms with E-state index in [0.717, 1.165) is 22.5 Å². The molecule has 1 N–H and O–H groups in total. The number of aromatic nitrogens is 4. The van der Waals surface area contributed by atoms with E-state index in [1.54, 1.807) is 24.5 Å². The lowest BCUT2D eigenvalue weighted by atomic mass is 10.1. The topological polar surface area (TPSA) is 54.5 Å². The summed E-state index contributed by atoms with van der Waals surface area (Å²) in [6, 6.07) is 10.3. The van der Waals surface area contributed by atoms with Crippen molar-refractivity contribution in [2.75, 3.05) is 0 Å². The molecule has 0 aliphatic carbocycles. The molecule has 4 nitrogen and oxygen atoms in total. The third-order valence-electron chi connectivity index (χ3n) is 2.82. The van der Waals surface area contributed by atoms with Gasteiger partial charge >= 0.3 is 0 Å². The summed E-state index contributed by atoms with van der Waals surface area (Å²) in [5, 5.41) is 14.8. The zero-order valence-corrected chi connectivity index (χ0v) is 10.0. The summed E-state index contributed by atoms with van der Waals surface area (Å²) < 4.78 is 12.8. The minimum absolute atomic E-state index is 0.225. The number of nitrogens with one attached hydrogen (secondary N) is 1. The molecule has 1 aromatic carbocycles. The lowest BCUT2D eigenvalue weighted by Gasteiger charge is -1.97. The van der Waals surface area contributed by atoms with Crippen LogP contribution in [0.5, 0.6) is 0 Å². The van der Waals surface area contributed by atoms with Crippen LogP contribution in [0.15, 0.2) is 48.8 Å². The van der Waals surface area contributed by atoms with Crippen LogP contribution in [-0.2, 0) is 6.42 Å². The highest BCUT2D eigenvalue weighted by Gasteiger charge is 2.05. The Kier molecular flexibility index (Phi) is 3.02. The Morgan fingerprint density at radius 3 is 2.63 bits per heavy atom. The summed E-state index contributed by atoms with van der Waals surface area (Å²) in [7, 11) is 0. The molecule has 0 saturated carbocycles. The van der Waals surface area contributed by atoms with Crippen molar-refractivity contribution in [2.45, 2.75) is 6.42 Å². The van der Waals surface area contributed by atoms with Crippen LogP contribution in [0.3, 0.4) is 0 Å². The number of hydrogen-bond donors (Lipinski definition) is 1. The van der Waals surface area contributed by atoms with Crippen molar-refractivity contribution in [1.29, 1.82) is 0 Å². The van der Waals surface area contributed by atoms with Gasteiger partial charge in [0.15, 0.2) is 0 Å². The summed E-state index contributed by atoms with van der Waals surface area (Å²) in [6.45, 7) is 0. The number of aromatic amines is 1. The fraction of sp³-hybridized carbons (Fsp3) is 0.0714. The van der Waals surface area contributed by atoms with Crippen LogP contribution in [0, 0.1) is 5.82 Å². The van der Waals surface area contributed by atoms with E-state index in [1.807, 2.05) is 12.1 Å². The van der Waals surface area contributed by atoms with Gasteiger partial charge in [0.1, 0.15) is 5.82 Å². The van der Waals surface area contributed by atoms with Gasteiger partial charge in [0, 0.05) is 17.7 Å². The molecule has 0 saturated heterocycles. The fourth-order valence-electron chi connectivity index (χ4n) is 1.86. The first-order valence-corrected chi connectivity index (χ1v) is 5.87. The highest BCUT2D eigenvalue weighted by atomic mass is 19.1. The third-order valence-corrected chi connectivity index (χ3v) is 2.82. The van der Waals surface area contributed by atoms with Crippen LogP contribution in [0.1, 0.15) is 11.3 Å². The van der Waals surface area contributed by atoms with Gasteiger partial charge in [-0.15, -0.1) is 0 Å². The molecule has 2 heterocycles. The fourth-order valence-corrected chi connectivity index (χ4v) is 1.86. The van der Waals surface area contributed by atoms with E-state index in [1.165, 1.54) is 12.1 Å². The van der Waals surface area contributed by atoms with Crippen LogP contribution >= 0.6 is 0 Å². The normalized spacial score (nSPS) is 10.6. The smallest absolute Gasteiger partial charge is 0.123 e. The van der Waals surface area contributed by atoms with Gasteiger partial charge in [0.05, 0.1) is 18.1 Å². The van der Waals surface area contributed by atoms with E-state index in [4.69, 9.17) is 0 Å². The van der Waals surface area contributed by atoms with Crippen LogP contribution in [0.2, 0.25) is 0 Å². The third kappa shape index (κ3) is 2.65. The minimum Gasteiger partial charge on any atom is -0.282 e. The Balaban J connectivity index is 1.80. The quantitative estimate of drug-likeness (QED) is 0.781. The SMILES string of the molecule is Fc1ccc(Cc2cc(-c3ccnnc3)n[nH]2)cc1. The van der Waals surface area contributed by atoms with Crippen molar-refractivity contribution in [3.63, 3.8) is 0 Å². The first-order valence-electron chi connectivity index (χ1n) is 5.87. The van der Waals surface area contributed by atoms with Gasteiger partial charge in [0.2, 0.25) is 0 Å². The van der Waals surface area contributed by atoms with Crippen molar-refractivity contribution >= 4 is 0 Å². The minimum atomic E-state index is -0.225. The maximum absolute atomic E-state index is 12.8. The summed E-state index contributed by atoms with van der Waals surface area (Å²) in [5.74, 6) is -0.225. The molecular formula is C14H11FN4. The molecule has 0 aliphatic heterocycles. The van der Waals surface area contributed by atoms with E-state index in [2.05, 4.69) is 20.4 Å². The zero-order chi connectivity index (χ0) is 13.1. The predicted molar refractivity (Wildman–Crippen MR) is 68.8 cm³/mol. The lowest BCUT2D eigenvalue weighted by Crippen LogP contribution is -1.88. The maximum atomic E-state index is 12.8. The number of nitrogens with zero attached hydrogens (tertiary/aromatic N) is 3. The van der Waals surface area contributed by atoms with E-state index < -0.39 is 0 Å². The van der Waals surface area contributed by atoms with Crippen LogP contribution in [-0.4, -0.2) is 20.4 Å². The van der Waals surface area contributed by atoms with Gasteiger partial charge in [-0.2, -0.15) is 15.3 Å². The van der Waals surface area contributed by atoms with Gasteiger partial charge in [0.25, 0.3) is 0 Å². The summed E-state index contributed by atoms with van der Waals surface area (Å²) in [5.41, 5.74) is 3.74. The number of benzene rings is 1. The van der Waals surface area contributed by atoms with Crippen molar-refractivity contribution in [3.8, 4) is 11.3 Å². The summed E-state index contributed by atoms with van der Waals surface area (Å²) >= 11 is 0. The number of hydrogen-bond acceptors (Lipinski definition) is 3. The second kappa shape index (κ2) is 4.97. The Morgan fingerprint density at radius 1 is 1.05 bits per heavy atom. The molecule has 0 atom stereocenters. The molecule has 0 radical (unpaired) electrons. The highest BCUT2D eigenvalue weighted by molar-refractivity contribution is 5.57. The molecule has 0 unspecified atom stereocenters. The maximum Gasteiger partial charge on any atom is 0.123 e. The van der Waals surface area contributed by atoms with Crippen LogP contribution in [0.25, 0.3) is 11.3 Å². The molecule has 0 spiro atoms. The van der Waals surface area contributed by atoms with E-state index >= 15 is 0 Å². The van der Waals surface area contributed by atoms with E-state index in [0.29, 0.717) is 6.42 Å². The average Bonchev–Trinajstić information content (AvgIpc) is 2.91. The lowest BCUT2D eigenvalue weighted by molar-refractivity contribution is 0.627. The molecule has 0 fully saturated rings. The van der Waals surface area contributed by atoms with Gasteiger partial charge in [-0.25, -0.2) is 4.39 Å². The van der Waals surface area contributed by atoms with E-state index in [-0.39, 0.29) is 5.82 Å². The molecule has 5 heteroatoms. The second-order valence-corrected chi connectivity index (χ2v) is 4.21. The van der Waals surface area contributed by atoms with Crippen molar-refractivity contribution in [2.24, 2.45) is 0 Å². The highest BCUT2D eigenvalue weighted by Crippen LogP contribution is 2.17. The first kappa shape index (κ1) is 11.5. The van der Waals surface area contributed by atoms with Crippen LogP contribution in [0.4, 0.5) is 4.39 Å². The number of H-pyrrole nitrogens is 1. The Labute approximate surface area is 109 Å². The molecule has 2 aromatic heterocycles. The average molecular weight is 254 g/mol. The Hall–Kier alpha value is -2.56. The molecule has 3 rings (SSSR count). The van der Waals surface area contributed by atoms with Crippen molar-refractivity contribution < 1.29 is 4.39 Å². The molecule has 0 amide bonds. The number of rotatable bonds is 3. The van der Waals surface area contributed by atoms with Crippen LogP contribution < -0.4 is 0 Å². The molecule has 19 heavy (non-hydrogen) atoms. The Bertz CT molecular complexity index is 661. The molecule has 3 aromatic rings. The van der Waals surface area contributed by atoms with Gasteiger partial charge in [-0.05, 0) is 29.8 Å². The zero-order valence-electron chi connectivity index (χ0n) is 10.0. The summed E-state index contributed by atoms with van der Waals surface area (Å²) in [6.07, 6.45) is 3.98. The molecular weight excluding hydrogens is 243 g/mol. The number of halogens is 1. The standard InChI is InChI=1S/C14H11FN4/c15-12-3-1-10(2-4-12)7-13-8-14(19-18-13)11-5-6-16-17-9-11/h1-6,8-9H,7H2,(H,18,19).